The summed E-state index contributed by atoms with van der Waals surface area (Å²) in [6.45, 7) is 0.279. The lowest BCUT2D eigenvalue weighted by Crippen LogP contribution is -2.30. The standard InChI is InChI=1S/C18H20N2O6/c1-24-16-8-3-13(11-17(16)25-2)9-10-19-18(21)12-26-15-6-4-14(5-7-15)20(22)23/h3-8,11H,9-10,12H2,1-2H3,(H,19,21). The van der Waals surface area contributed by atoms with E-state index in [0.29, 0.717) is 30.2 Å². The number of benzene rings is 2. The molecule has 2 rings (SSSR count). The molecule has 1 N–H and O–H groups in total. The van der Waals surface area contributed by atoms with Gasteiger partial charge in [-0.2, -0.15) is 0 Å². The molecule has 0 heterocycles. The maximum absolute atomic E-state index is 11.8. The molecule has 0 spiro atoms. The fourth-order valence-electron chi connectivity index (χ4n) is 2.25. The Morgan fingerprint density at radius 2 is 1.77 bits per heavy atom. The smallest absolute Gasteiger partial charge is 0.269 e. The highest BCUT2D eigenvalue weighted by molar-refractivity contribution is 5.77. The van der Waals surface area contributed by atoms with Crippen molar-refractivity contribution < 1.29 is 23.9 Å². The Hall–Kier alpha value is -3.29. The number of carbonyl (C=O) groups excluding carboxylic acids is 1. The van der Waals surface area contributed by atoms with Gasteiger partial charge in [0.1, 0.15) is 5.75 Å². The second-order valence-corrected chi connectivity index (χ2v) is 5.33. The predicted octanol–water partition coefficient (Wildman–Crippen LogP) is 2.35. The molecule has 138 valence electrons. The summed E-state index contributed by atoms with van der Waals surface area (Å²) in [4.78, 5) is 21.9. The Bertz CT molecular complexity index is 761. The van der Waals surface area contributed by atoms with E-state index in [4.69, 9.17) is 14.2 Å². The zero-order valence-electron chi connectivity index (χ0n) is 14.6. The number of nitrogens with one attached hydrogen (secondary N) is 1. The molecule has 0 fully saturated rings. The lowest BCUT2D eigenvalue weighted by atomic mass is 10.1. The van der Waals surface area contributed by atoms with Crippen molar-refractivity contribution >= 4 is 11.6 Å². The van der Waals surface area contributed by atoms with E-state index in [2.05, 4.69) is 5.32 Å². The van der Waals surface area contributed by atoms with E-state index in [-0.39, 0.29) is 18.2 Å². The van der Waals surface area contributed by atoms with Crippen molar-refractivity contribution in [2.45, 2.75) is 6.42 Å². The Morgan fingerprint density at radius 3 is 2.38 bits per heavy atom. The molecular weight excluding hydrogens is 340 g/mol. The van der Waals surface area contributed by atoms with Gasteiger partial charge in [-0.3, -0.25) is 14.9 Å². The molecular formula is C18H20N2O6. The number of nitro groups is 1. The minimum atomic E-state index is -0.495. The summed E-state index contributed by atoms with van der Waals surface area (Å²) in [5, 5.41) is 13.3. The van der Waals surface area contributed by atoms with Crippen LogP contribution in [0.4, 0.5) is 5.69 Å². The first kappa shape index (κ1) is 19.0. The summed E-state index contributed by atoms with van der Waals surface area (Å²) in [5.41, 5.74) is 0.968. The monoisotopic (exact) mass is 360 g/mol. The number of hydrogen-bond donors (Lipinski definition) is 1. The lowest BCUT2D eigenvalue weighted by Gasteiger charge is -2.10. The minimum Gasteiger partial charge on any atom is -0.493 e. The van der Waals surface area contributed by atoms with Crippen LogP contribution >= 0.6 is 0 Å². The molecule has 0 saturated carbocycles. The third-order valence-corrected chi connectivity index (χ3v) is 3.60. The number of non-ortho nitro benzene ring substituents is 1. The number of nitrogens with zero attached hydrogens (tertiary/aromatic N) is 1. The van der Waals surface area contributed by atoms with Crippen molar-refractivity contribution in [1.82, 2.24) is 5.32 Å². The quantitative estimate of drug-likeness (QED) is 0.544. The van der Waals surface area contributed by atoms with E-state index in [0.717, 1.165) is 5.56 Å². The highest BCUT2D eigenvalue weighted by atomic mass is 16.6. The molecule has 8 heteroatoms. The summed E-state index contributed by atoms with van der Waals surface area (Å²) in [6.07, 6.45) is 0.629. The van der Waals surface area contributed by atoms with E-state index >= 15 is 0 Å². The molecule has 0 saturated heterocycles. The normalized spacial score (nSPS) is 10.1. The van der Waals surface area contributed by atoms with E-state index in [9.17, 15) is 14.9 Å². The molecule has 0 aliphatic heterocycles. The average Bonchev–Trinajstić information content (AvgIpc) is 2.66. The fourth-order valence-corrected chi connectivity index (χ4v) is 2.25. The average molecular weight is 360 g/mol. The van der Waals surface area contributed by atoms with Crippen molar-refractivity contribution in [3.05, 3.63) is 58.1 Å². The number of ether oxygens (including phenoxy) is 3. The molecule has 2 aromatic carbocycles. The van der Waals surface area contributed by atoms with Crippen LogP contribution in [0.2, 0.25) is 0 Å². The van der Waals surface area contributed by atoms with Crippen LogP contribution in [-0.4, -0.2) is 38.2 Å². The van der Waals surface area contributed by atoms with Gasteiger partial charge in [-0.15, -0.1) is 0 Å². The van der Waals surface area contributed by atoms with Gasteiger partial charge >= 0.3 is 0 Å². The largest absolute Gasteiger partial charge is 0.493 e. The first-order valence-electron chi connectivity index (χ1n) is 7.88. The SMILES string of the molecule is COc1ccc(CCNC(=O)COc2ccc([N+](=O)[O-])cc2)cc1OC. The number of carbonyl (C=O) groups is 1. The second-order valence-electron chi connectivity index (χ2n) is 5.33. The molecule has 0 atom stereocenters. The molecule has 2 aromatic rings. The third-order valence-electron chi connectivity index (χ3n) is 3.60. The van der Waals surface area contributed by atoms with Crippen LogP contribution in [0.1, 0.15) is 5.56 Å². The van der Waals surface area contributed by atoms with Gasteiger partial charge in [0.2, 0.25) is 0 Å². The van der Waals surface area contributed by atoms with Crippen LogP contribution in [0.3, 0.4) is 0 Å². The topological polar surface area (TPSA) is 99.9 Å². The molecule has 0 aromatic heterocycles. The van der Waals surface area contributed by atoms with Gasteiger partial charge in [-0.1, -0.05) is 6.07 Å². The zero-order chi connectivity index (χ0) is 18.9. The Labute approximate surface area is 150 Å². The Kier molecular flexibility index (Phi) is 6.78. The van der Waals surface area contributed by atoms with E-state index in [1.54, 1.807) is 14.2 Å². The van der Waals surface area contributed by atoms with Crippen LogP contribution in [0.15, 0.2) is 42.5 Å². The van der Waals surface area contributed by atoms with Gasteiger partial charge in [-0.25, -0.2) is 0 Å². The van der Waals surface area contributed by atoms with Gasteiger partial charge in [0.25, 0.3) is 11.6 Å². The number of methoxy groups -OCH3 is 2. The number of hydrogen-bond acceptors (Lipinski definition) is 6. The molecule has 1 amide bonds. The molecule has 0 aliphatic carbocycles. The predicted molar refractivity (Wildman–Crippen MR) is 94.9 cm³/mol. The summed E-state index contributed by atoms with van der Waals surface area (Å²) in [6, 6.07) is 11.1. The maximum Gasteiger partial charge on any atom is 0.269 e. The summed E-state index contributed by atoms with van der Waals surface area (Å²) in [5.74, 6) is 1.41. The van der Waals surface area contributed by atoms with Crippen molar-refractivity contribution in [1.29, 1.82) is 0 Å². The van der Waals surface area contributed by atoms with Gasteiger partial charge in [0, 0.05) is 18.7 Å². The summed E-state index contributed by atoms with van der Waals surface area (Å²) < 4.78 is 15.7. The van der Waals surface area contributed by atoms with Gasteiger partial charge < -0.3 is 19.5 Å². The lowest BCUT2D eigenvalue weighted by molar-refractivity contribution is -0.384. The van der Waals surface area contributed by atoms with Crippen molar-refractivity contribution in [2.24, 2.45) is 0 Å². The first-order chi connectivity index (χ1) is 12.5. The molecule has 0 unspecified atom stereocenters. The van der Waals surface area contributed by atoms with Crippen molar-refractivity contribution in [2.75, 3.05) is 27.4 Å². The van der Waals surface area contributed by atoms with Crippen LogP contribution in [0.5, 0.6) is 17.2 Å². The summed E-state index contributed by atoms with van der Waals surface area (Å²) in [7, 11) is 3.14. The van der Waals surface area contributed by atoms with Gasteiger partial charge in [0.15, 0.2) is 18.1 Å². The van der Waals surface area contributed by atoms with E-state index in [1.165, 1.54) is 24.3 Å². The number of amides is 1. The first-order valence-corrected chi connectivity index (χ1v) is 7.88. The highest BCUT2D eigenvalue weighted by Gasteiger charge is 2.07. The molecule has 26 heavy (non-hydrogen) atoms. The van der Waals surface area contributed by atoms with Crippen LogP contribution in [0, 0.1) is 10.1 Å². The maximum atomic E-state index is 11.8. The highest BCUT2D eigenvalue weighted by Crippen LogP contribution is 2.27. The molecule has 8 nitrogen and oxygen atoms in total. The molecule has 0 radical (unpaired) electrons. The van der Waals surface area contributed by atoms with Crippen molar-refractivity contribution in [3.8, 4) is 17.2 Å². The van der Waals surface area contributed by atoms with Crippen LogP contribution < -0.4 is 19.5 Å². The van der Waals surface area contributed by atoms with E-state index < -0.39 is 4.92 Å². The van der Waals surface area contributed by atoms with E-state index in [1.807, 2.05) is 18.2 Å². The van der Waals surface area contributed by atoms with Crippen molar-refractivity contribution in [3.63, 3.8) is 0 Å². The third kappa shape index (κ3) is 5.37. The van der Waals surface area contributed by atoms with Crippen LogP contribution in [0.25, 0.3) is 0 Å². The molecule has 0 bridgehead atoms. The van der Waals surface area contributed by atoms with Gasteiger partial charge in [0.05, 0.1) is 19.1 Å². The van der Waals surface area contributed by atoms with Crippen LogP contribution in [-0.2, 0) is 11.2 Å². The molecule has 0 aliphatic rings. The van der Waals surface area contributed by atoms with Gasteiger partial charge in [-0.05, 0) is 36.2 Å². The fraction of sp³-hybridized carbons (Fsp3) is 0.278. The zero-order valence-corrected chi connectivity index (χ0v) is 14.6. The minimum absolute atomic E-state index is 0.0308. The Morgan fingerprint density at radius 1 is 1.08 bits per heavy atom. The Balaban J connectivity index is 1.76. The second kappa shape index (κ2) is 9.26. The number of rotatable bonds is 9. The summed E-state index contributed by atoms with van der Waals surface area (Å²) >= 11 is 0. The number of nitro benzene ring substituents is 1.